The fourth-order valence-electron chi connectivity index (χ4n) is 1.58. The number of nitro benzene ring substituents is 1. The Morgan fingerprint density at radius 3 is 2.89 bits per heavy atom. The second-order valence-electron chi connectivity index (χ2n) is 3.55. The lowest BCUT2D eigenvalue weighted by molar-refractivity contribution is -0.385. The van der Waals surface area contributed by atoms with Crippen LogP contribution in [0.4, 0.5) is 11.4 Å². The number of nitrogens with zero attached hydrogens (tertiary/aromatic N) is 2. The summed E-state index contributed by atoms with van der Waals surface area (Å²) in [6.45, 7) is 0. The molecule has 2 rings (SSSR count). The number of anilines is 1. The maximum Gasteiger partial charge on any atom is 0.285 e. The number of amides is 1. The van der Waals surface area contributed by atoms with Gasteiger partial charge in [0.25, 0.3) is 11.6 Å². The lowest BCUT2D eigenvalue weighted by Gasteiger charge is -2.08. The molecule has 0 atom stereocenters. The zero-order valence-electron chi connectivity index (χ0n) is 9.91. The summed E-state index contributed by atoms with van der Waals surface area (Å²) in [7, 11) is 1.34. The van der Waals surface area contributed by atoms with E-state index in [0.29, 0.717) is 5.69 Å². The van der Waals surface area contributed by atoms with Crippen LogP contribution in [0, 0.1) is 10.1 Å². The highest BCUT2D eigenvalue weighted by atomic mass is 16.6. The Bertz CT molecular complexity index is 609. The van der Waals surface area contributed by atoms with E-state index in [4.69, 9.17) is 4.74 Å². The SMILES string of the molecule is COc1cccc([N+](=O)[O-])c1C(=O)Nc1cn[nH]c1. The van der Waals surface area contributed by atoms with Gasteiger partial charge >= 0.3 is 0 Å². The van der Waals surface area contributed by atoms with Crippen molar-refractivity contribution in [1.29, 1.82) is 0 Å². The van der Waals surface area contributed by atoms with E-state index >= 15 is 0 Å². The third-order valence-corrected chi connectivity index (χ3v) is 2.40. The Morgan fingerprint density at radius 1 is 1.53 bits per heavy atom. The fourth-order valence-corrected chi connectivity index (χ4v) is 1.58. The summed E-state index contributed by atoms with van der Waals surface area (Å²) in [6.07, 6.45) is 2.85. The van der Waals surface area contributed by atoms with Gasteiger partial charge < -0.3 is 10.1 Å². The number of nitrogens with one attached hydrogen (secondary N) is 2. The first-order valence-electron chi connectivity index (χ1n) is 5.25. The van der Waals surface area contributed by atoms with Gasteiger partial charge in [-0.3, -0.25) is 20.0 Å². The quantitative estimate of drug-likeness (QED) is 0.642. The lowest BCUT2D eigenvalue weighted by Crippen LogP contribution is -2.15. The van der Waals surface area contributed by atoms with Crippen LogP contribution in [0.15, 0.2) is 30.6 Å². The second kappa shape index (κ2) is 5.17. The largest absolute Gasteiger partial charge is 0.496 e. The molecule has 19 heavy (non-hydrogen) atoms. The third kappa shape index (κ3) is 2.51. The number of ether oxygens (including phenoxy) is 1. The Kier molecular flexibility index (Phi) is 3.42. The summed E-state index contributed by atoms with van der Waals surface area (Å²) >= 11 is 0. The molecule has 8 heteroatoms. The number of methoxy groups -OCH3 is 1. The van der Waals surface area contributed by atoms with Gasteiger partial charge in [-0.05, 0) is 6.07 Å². The third-order valence-electron chi connectivity index (χ3n) is 2.40. The molecule has 0 aliphatic heterocycles. The summed E-state index contributed by atoms with van der Waals surface area (Å²) in [5.74, 6) is -0.499. The van der Waals surface area contributed by atoms with Crippen molar-refractivity contribution in [3.63, 3.8) is 0 Å². The summed E-state index contributed by atoms with van der Waals surface area (Å²) < 4.78 is 4.99. The first-order valence-corrected chi connectivity index (χ1v) is 5.25. The normalized spacial score (nSPS) is 9.95. The molecule has 0 saturated carbocycles. The van der Waals surface area contributed by atoms with Gasteiger partial charge in [-0.15, -0.1) is 0 Å². The number of hydrogen-bond acceptors (Lipinski definition) is 5. The number of aromatic nitrogens is 2. The Hall–Kier alpha value is -2.90. The predicted molar refractivity (Wildman–Crippen MR) is 66.2 cm³/mol. The number of H-pyrrole nitrogens is 1. The van der Waals surface area contributed by atoms with E-state index in [1.54, 1.807) is 0 Å². The van der Waals surface area contributed by atoms with Gasteiger partial charge in [0.15, 0.2) is 5.56 Å². The van der Waals surface area contributed by atoms with Crippen LogP contribution < -0.4 is 10.1 Å². The summed E-state index contributed by atoms with van der Waals surface area (Å²) in [6, 6.07) is 4.18. The van der Waals surface area contributed by atoms with Crippen molar-refractivity contribution in [2.45, 2.75) is 0 Å². The van der Waals surface area contributed by atoms with Gasteiger partial charge in [-0.2, -0.15) is 5.10 Å². The number of carbonyl (C=O) groups excluding carboxylic acids is 1. The van der Waals surface area contributed by atoms with E-state index in [9.17, 15) is 14.9 Å². The first-order chi connectivity index (χ1) is 9.13. The number of nitro groups is 1. The molecular weight excluding hydrogens is 252 g/mol. The number of hydrogen-bond donors (Lipinski definition) is 2. The van der Waals surface area contributed by atoms with Crippen molar-refractivity contribution in [3.05, 3.63) is 46.3 Å². The zero-order chi connectivity index (χ0) is 13.8. The fraction of sp³-hybridized carbons (Fsp3) is 0.0909. The van der Waals surface area contributed by atoms with Crippen molar-refractivity contribution >= 4 is 17.3 Å². The molecule has 0 bridgehead atoms. The summed E-state index contributed by atoms with van der Waals surface area (Å²) in [5.41, 5.74) is -0.0400. The van der Waals surface area contributed by atoms with E-state index in [1.807, 2.05) is 0 Å². The van der Waals surface area contributed by atoms with Crippen LogP contribution in [0.1, 0.15) is 10.4 Å². The Morgan fingerprint density at radius 2 is 2.32 bits per heavy atom. The maximum absolute atomic E-state index is 12.1. The monoisotopic (exact) mass is 262 g/mol. The van der Waals surface area contributed by atoms with Crippen LogP contribution in [0.25, 0.3) is 0 Å². The van der Waals surface area contributed by atoms with Gasteiger partial charge in [0, 0.05) is 12.3 Å². The number of rotatable bonds is 4. The van der Waals surface area contributed by atoms with Crippen molar-refractivity contribution in [3.8, 4) is 5.75 Å². The molecule has 98 valence electrons. The molecule has 0 fully saturated rings. The van der Waals surface area contributed by atoms with Crippen LogP contribution in [0.3, 0.4) is 0 Å². The van der Waals surface area contributed by atoms with Crippen molar-refractivity contribution in [2.24, 2.45) is 0 Å². The molecule has 1 amide bonds. The van der Waals surface area contributed by atoms with Crippen LogP contribution in [-0.2, 0) is 0 Å². The average Bonchev–Trinajstić information content (AvgIpc) is 2.90. The highest BCUT2D eigenvalue weighted by molar-refractivity contribution is 6.09. The minimum Gasteiger partial charge on any atom is -0.496 e. The van der Waals surface area contributed by atoms with E-state index in [0.717, 1.165) is 0 Å². The van der Waals surface area contributed by atoms with Gasteiger partial charge in [0.05, 0.1) is 23.9 Å². The van der Waals surface area contributed by atoms with Crippen molar-refractivity contribution in [1.82, 2.24) is 10.2 Å². The first kappa shape index (κ1) is 12.6. The molecule has 0 radical (unpaired) electrons. The predicted octanol–water partition coefficient (Wildman–Crippen LogP) is 1.58. The molecular formula is C11H10N4O4. The number of benzene rings is 1. The van der Waals surface area contributed by atoms with Gasteiger partial charge in [0.1, 0.15) is 5.75 Å². The van der Waals surface area contributed by atoms with Crippen molar-refractivity contribution in [2.75, 3.05) is 12.4 Å². The van der Waals surface area contributed by atoms with Gasteiger partial charge in [-0.1, -0.05) is 6.07 Å². The second-order valence-corrected chi connectivity index (χ2v) is 3.55. The van der Waals surface area contributed by atoms with E-state index in [2.05, 4.69) is 15.5 Å². The molecule has 1 heterocycles. The molecule has 0 unspecified atom stereocenters. The molecule has 1 aromatic heterocycles. The highest BCUT2D eigenvalue weighted by Gasteiger charge is 2.24. The summed E-state index contributed by atoms with van der Waals surface area (Å²) in [4.78, 5) is 22.4. The summed E-state index contributed by atoms with van der Waals surface area (Å²) in [5, 5.41) is 19.6. The van der Waals surface area contributed by atoms with Crippen molar-refractivity contribution < 1.29 is 14.5 Å². The molecule has 8 nitrogen and oxygen atoms in total. The minimum atomic E-state index is -0.634. The Balaban J connectivity index is 2.41. The molecule has 2 aromatic rings. The number of aromatic amines is 1. The average molecular weight is 262 g/mol. The van der Waals surface area contributed by atoms with E-state index in [1.165, 1.54) is 37.7 Å². The van der Waals surface area contributed by atoms with Crippen LogP contribution in [0.2, 0.25) is 0 Å². The maximum atomic E-state index is 12.1. The van der Waals surface area contributed by atoms with Gasteiger partial charge in [0.2, 0.25) is 0 Å². The molecule has 0 aliphatic carbocycles. The van der Waals surface area contributed by atoms with E-state index in [-0.39, 0.29) is 17.0 Å². The van der Waals surface area contributed by atoms with Crippen LogP contribution in [-0.4, -0.2) is 28.1 Å². The standard InChI is InChI=1S/C11H10N4O4/c1-19-9-4-2-3-8(15(17)18)10(9)11(16)14-7-5-12-13-6-7/h2-6H,1H3,(H,12,13)(H,14,16). The minimum absolute atomic E-state index is 0.129. The molecule has 1 aromatic carbocycles. The van der Waals surface area contributed by atoms with Crippen LogP contribution in [0.5, 0.6) is 5.75 Å². The molecule has 0 aliphatic rings. The van der Waals surface area contributed by atoms with Gasteiger partial charge in [-0.25, -0.2) is 0 Å². The Labute approximate surface area is 107 Å². The van der Waals surface area contributed by atoms with E-state index < -0.39 is 10.8 Å². The lowest BCUT2D eigenvalue weighted by atomic mass is 10.1. The topological polar surface area (TPSA) is 110 Å². The zero-order valence-corrected chi connectivity index (χ0v) is 9.91. The smallest absolute Gasteiger partial charge is 0.285 e. The molecule has 0 saturated heterocycles. The molecule has 2 N–H and O–H groups in total. The molecule has 0 spiro atoms. The van der Waals surface area contributed by atoms with Crippen LogP contribution >= 0.6 is 0 Å². The number of carbonyl (C=O) groups is 1. The highest BCUT2D eigenvalue weighted by Crippen LogP contribution is 2.28.